The van der Waals surface area contributed by atoms with Crippen molar-refractivity contribution in [3.8, 4) is 17.2 Å². The number of Topliss-reactive ketones (excluding diaryl/α,β-unsaturated/α-hetero) is 2. The maximum Gasteiger partial charge on any atom is 0.246 e. The van der Waals surface area contributed by atoms with Gasteiger partial charge in [-0.1, -0.05) is 20.8 Å². The van der Waals surface area contributed by atoms with Crippen LogP contribution < -0.4 is 14.2 Å². The number of carbonyl (C=O) groups excluding carboxylic acids is 2. The second-order valence-electron chi connectivity index (χ2n) is 9.99. The van der Waals surface area contributed by atoms with Crippen molar-refractivity contribution in [2.75, 3.05) is 6.61 Å². The predicted molar refractivity (Wildman–Crippen MR) is 112 cm³/mol. The molecule has 3 rings (SSSR count). The third-order valence-electron chi connectivity index (χ3n) is 5.92. The fourth-order valence-electron chi connectivity index (χ4n) is 3.39. The predicted octanol–water partition coefficient (Wildman–Crippen LogP) is 4.75. The fourth-order valence-corrected chi connectivity index (χ4v) is 4.83. The van der Waals surface area contributed by atoms with Crippen molar-refractivity contribution >= 4 is 19.9 Å². The Hall–Kier alpha value is -1.86. The molecule has 0 aliphatic carbocycles. The van der Waals surface area contributed by atoms with E-state index in [1.54, 1.807) is 26.0 Å². The highest BCUT2D eigenvalue weighted by molar-refractivity contribution is 6.74. The molecule has 0 fully saturated rings. The van der Waals surface area contributed by atoms with Crippen molar-refractivity contribution in [2.24, 2.45) is 5.92 Å². The molecule has 7 heteroatoms. The second-order valence-corrected chi connectivity index (χ2v) is 14.7. The Bertz CT molecular complexity index is 836. The minimum absolute atomic E-state index is 0.0422. The molecule has 2 aliphatic heterocycles. The van der Waals surface area contributed by atoms with Crippen molar-refractivity contribution in [3.05, 3.63) is 17.7 Å². The van der Waals surface area contributed by atoms with E-state index in [0.717, 1.165) is 0 Å². The molecule has 2 heterocycles. The number of rotatable bonds is 5. The van der Waals surface area contributed by atoms with E-state index in [0.29, 0.717) is 22.8 Å². The molecule has 0 saturated heterocycles. The molecule has 2 atom stereocenters. The maximum atomic E-state index is 13.0. The van der Waals surface area contributed by atoms with Gasteiger partial charge < -0.3 is 18.6 Å². The van der Waals surface area contributed by atoms with Gasteiger partial charge in [0.1, 0.15) is 24.1 Å². The van der Waals surface area contributed by atoms with Crippen LogP contribution in [-0.2, 0) is 9.22 Å². The normalized spacial score (nSPS) is 21.4. The first-order chi connectivity index (χ1) is 13.2. The summed E-state index contributed by atoms with van der Waals surface area (Å²) in [6.07, 6.45) is -0.0470. The van der Waals surface area contributed by atoms with Crippen molar-refractivity contribution in [2.45, 2.75) is 78.0 Å². The van der Waals surface area contributed by atoms with Gasteiger partial charge in [-0.2, -0.15) is 0 Å². The molecule has 1 unspecified atom stereocenters. The molecule has 0 aromatic heterocycles. The molecular formula is C22H32O6Si. The van der Waals surface area contributed by atoms with Crippen LogP contribution in [0.5, 0.6) is 17.2 Å². The lowest BCUT2D eigenvalue weighted by molar-refractivity contribution is -0.123. The van der Waals surface area contributed by atoms with Gasteiger partial charge in [-0.15, -0.1) is 0 Å². The van der Waals surface area contributed by atoms with Crippen LogP contribution in [-0.4, -0.2) is 38.4 Å². The highest BCUT2D eigenvalue weighted by Crippen LogP contribution is 2.45. The summed E-state index contributed by atoms with van der Waals surface area (Å²) in [4.78, 5) is 25.9. The van der Waals surface area contributed by atoms with Crippen LogP contribution >= 0.6 is 0 Å². The van der Waals surface area contributed by atoms with Crippen molar-refractivity contribution in [1.29, 1.82) is 0 Å². The van der Waals surface area contributed by atoms with Crippen LogP contribution in [0.15, 0.2) is 12.1 Å². The molecule has 6 nitrogen and oxygen atoms in total. The van der Waals surface area contributed by atoms with E-state index in [1.807, 2.05) is 6.92 Å². The molecule has 29 heavy (non-hydrogen) atoms. The molecule has 0 bridgehead atoms. The number of carbonyl (C=O) groups is 2. The number of hydrogen-bond donors (Lipinski definition) is 0. The van der Waals surface area contributed by atoms with E-state index < -0.39 is 20.0 Å². The molecule has 0 spiro atoms. The molecule has 0 saturated carbocycles. The van der Waals surface area contributed by atoms with Gasteiger partial charge in [0.25, 0.3) is 0 Å². The van der Waals surface area contributed by atoms with Crippen LogP contribution in [0, 0.1) is 5.92 Å². The van der Waals surface area contributed by atoms with Gasteiger partial charge >= 0.3 is 0 Å². The first-order valence-electron chi connectivity index (χ1n) is 10.1. The van der Waals surface area contributed by atoms with Crippen LogP contribution in [0.25, 0.3) is 0 Å². The highest BCUT2D eigenvalue weighted by atomic mass is 28.4. The zero-order valence-corrected chi connectivity index (χ0v) is 19.7. The van der Waals surface area contributed by atoms with Crippen molar-refractivity contribution in [3.63, 3.8) is 0 Å². The Morgan fingerprint density at radius 3 is 2.38 bits per heavy atom. The van der Waals surface area contributed by atoms with Crippen molar-refractivity contribution in [1.82, 2.24) is 0 Å². The maximum absolute atomic E-state index is 13.0. The summed E-state index contributed by atoms with van der Waals surface area (Å²) in [6.45, 7) is 16.3. The van der Waals surface area contributed by atoms with Crippen molar-refractivity contribution < 1.29 is 28.2 Å². The Labute approximate surface area is 174 Å². The quantitative estimate of drug-likeness (QED) is 0.505. The molecule has 0 N–H and O–H groups in total. The van der Waals surface area contributed by atoms with Gasteiger partial charge in [0.15, 0.2) is 25.6 Å². The zero-order chi connectivity index (χ0) is 21.8. The van der Waals surface area contributed by atoms with Gasteiger partial charge in [-0.25, -0.2) is 0 Å². The number of benzene rings is 1. The molecule has 0 amide bonds. The zero-order valence-electron chi connectivity index (χ0n) is 18.7. The highest BCUT2D eigenvalue weighted by Gasteiger charge is 2.41. The summed E-state index contributed by atoms with van der Waals surface area (Å²) in [6, 6.07) is 3.29. The first-order valence-corrected chi connectivity index (χ1v) is 13.0. The monoisotopic (exact) mass is 420 g/mol. The average molecular weight is 421 g/mol. The first kappa shape index (κ1) is 21.8. The third-order valence-corrected chi connectivity index (χ3v) is 10.5. The second kappa shape index (κ2) is 7.13. The smallest absolute Gasteiger partial charge is 0.246 e. The number of fused-ring (bicyclic) bond motifs is 2. The average Bonchev–Trinajstić information content (AvgIpc) is 2.84. The summed E-state index contributed by atoms with van der Waals surface area (Å²) in [5.74, 6) is -0.514. The standard InChI is InChI=1S/C22H32O6Si/c1-13(28-29(7,8)21(2,3)4)9-16(23)15-12-25-17-11-19-18(10-14(17)20(15)24)26-22(5,6)27-19/h10-11,13,15H,9,12H2,1-8H3/t13-,15?/m1/s1. The van der Waals surface area contributed by atoms with E-state index >= 15 is 0 Å². The van der Waals surface area contributed by atoms with E-state index in [4.69, 9.17) is 18.6 Å². The minimum Gasteiger partial charge on any atom is -0.491 e. The summed E-state index contributed by atoms with van der Waals surface area (Å²) in [5, 5.41) is 0.0588. The van der Waals surface area contributed by atoms with Gasteiger partial charge in [-0.05, 0) is 31.1 Å². The van der Waals surface area contributed by atoms with E-state index in [2.05, 4.69) is 33.9 Å². The number of hydrogen-bond acceptors (Lipinski definition) is 6. The molecule has 160 valence electrons. The van der Waals surface area contributed by atoms with E-state index in [1.165, 1.54) is 0 Å². The minimum atomic E-state index is -1.98. The molecule has 2 aliphatic rings. The topological polar surface area (TPSA) is 71.1 Å². The Morgan fingerprint density at radius 2 is 1.79 bits per heavy atom. The van der Waals surface area contributed by atoms with Gasteiger partial charge in [0.2, 0.25) is 5.79 Å². The lowest BCUT2D eigenvalue weighted by Gasteiger charge is -2.38. The SMILES string of the molecule is C[C@H](CC(=O)C1COc2cc3c(cc2C1=O)OC(C)(C)O3)O[Si](C)(C)C(C)(C)C. The molecule has 1 aromatic rings. The van der Waals surface area contributed by atoms with E-state index in [9.17, 15) is 9.59 Å². The summed E-state index contributed by atoms with van der Waals surface area (Å²) in [5.41, 5.74) is 0.368. The van der Waals surface area contributed by atoms with Crippen LogP contribution in [0.2, 0.25) is 18.1 Å². The van der Waals surface area contributed by atoms with Crippen LogP contribution in [0.1, 0.15) is 58.3 Å². The lowest BCUT2D eigenvalue weighted by Crippen LogP contribution is -2.44. The molecule has 1 aromatic carbocycles. The van der Waals surface area contributed by atoms with E-state index in [-0.39, 0.29) is 35.7 Å². The number of ether oxygens (including phenoxy) is 3. The summed E-state index contributed by atoms with van der Waals surface area (Å²) >= 11 is 0. The van der Waals surface area contributed by atoms with Gasteiger partial charge in [0.05, 0.1) is 5.56 Å². The summed E-state index contributed by atoms with van der Waals surface area (Å²) in [7, 11) is -1.98. The Morgan fingerprint density at radius 1 is 1.21 bits per heavy atom. The van der Waals surface area contributed by atoms with Gasteiger partial charge in [0, 0.05) is 32.4 Å². The van der Waals surface area contributed by atoms with Gasteiger partial charge in [-0.3, -0.25) is 9.59 Å². The van der Waals surface area contributed by atoms with Crippen LogP contribution in [0.3, 0.4) is 0 Å². The molecule has 0 radical (unpaired) electrons. The number of ketones is 2. The largest absolute Gasteiger partial charge is 0.491 e. The summed E-state index contributed by atoms with van der Waals surface area (Å²) < 4.78 is 23.5. The lowest BCUT2D eigenvalue weighted by atomic mass is 9.89. The fraction of sp³-hybridized carbons (Fsp3) is 0.636. The van der Waals surface area contributed by atoms with Crippen LogP contribution in [0.4, 0.5) is 0 Å². The third kappa shape index (κ3) is 4.35. The molecular weight excluding hydrogens is 388 g/mol. The Balaban J connectivity index is 1.71. The Kier molecular flexibility index (Phi) is 5.37.